The molecule has 3 N–H and O–H groups in total. The third kappa shape index (κ3) is 5.00. The molecule has 2 aromatic rings. The van der Waals surface area contributed by atoms with Crippen molar-refractivity contribution >= 4 is 29.4 Å². The van der Waals surface area contributed by atoms with E-state index in [1.807, 2.05) is 54.2 Å². The van der Waals surface area contributed by atoms with Crippen molar-refractivity contribution in [2.75, 3.05) is 17.6 Å². The minimum Gasteiger partial charge on any atom is -0.349 e. The van der Waals surface area contributed by atoms with Crippen LogP contribution in [0.15, 0.2) is 59.5 Å². The number of fused-ring (bicyclic) bond motifs is 1. The number of carbonyl (C=O) groups is 2. The lowest BCUT2D eigenvalue weighted by Crippen LogP contribution is -2.35. The maximum Gasteiger partial charge on any atom is 0.319 e. The average molecular weight is 355 g/mol. The number of urea groups is 1. The van der Waals surface area contributed by atoms with Gasteiger partial charge in [0.25, 0.3) is 0 Å². The number of amides is 3. The van der Waals surface area contributed by atoms with E-state index >= 15 is 0 Å². The maximum absolute atomic E-state index is 12.2. The molecule has 3 amide bonds. The minimum atomic E-state index is -0.307. The van der Waals surface area contributed by atoms with Gasteiger partial charge in [0.15, 0.2) is 0 Å². The van der Waals surface area contributed by atoms with Gasteiger partial charge in [0.2, 0.25) is 5.91 Å². The van der Waals surface area contributed by atoms with E-state index in [-0.39, 0.29) is 24.4 Å². The molecule has 0 unspecified atom stereocenters. The first-order valence-corrected chi connectivity index (χ1v) is 9.32. The molecule has 0 saturated carbocycles. The van der Waals surface area contributed by atoms with Crippen LogP contribution in [-0.4, -0.2) is 24.2 Å². The summed E-state index contributed by atoms with van der Waals surface area (Å²) in [5.74, 6) is 0.950. The van der Waals surface area contributed by atoms with Gasteiger partial charge in [-0.2, -0.15) is 0 Å². The maximum atomic E-state index is 12.2. The molecule has 3 rings (SSSR count). The second-order valence-electron chi connectivity index (χ2n) is 5.79. The number of para-hydroxylation sites is 1. The average Bonchev–Trinajstić information content (AvgIpc) is 2.63. The number of anilines is 1. The van der Waals surface area contributed by atoms with Crippen LogP contribution >= 0.6 is 11.8 Å². The fraction of sp³-hybridized carbons (Fsp3) is 0.263. The van der Waals surface area contributed by atoms with Crippen molar-refractivity contribution in [2.45, 2.75) is 23.8 Å². The van der Waals surface area contributed by atoms with Crippen LogP contribution in [0.5, 0.6) is 0 Å². The van der Waals surface area contributed by atoms with Crippen molar-refractivity contribution in [1.29, 1.82) is 0 Å². The lowest BCUT2D eigenvalue weighted by molar-refractivity contribution is -0.121. The molecular formula is C19H21N3O2S. The van der Waals surface area contributed by atoms with Gasteiger partial charge >= 0.3 is 6.03 Å². The number of nitrogens with one attached hydrogen (secondary N) is 3. The molecule has 130 valence electrons. The quantitative estimate of drug-likeness (QED) is 0.768. The Morgan fingerprint density at radius 3 is 2.64 bits per heavy atom. The van der Waals surface area contributed by atoms with Gasteiger partial charge in [-0.15, -0.1) is 11.8 Å². The van der Waals surface area contributed by atoms with E-state index in [4.69, 9.17) is 0 Å². The van der Waals surface area contributed by atoms with Gasteiger partial charge in [-0.3, -0.25) is 4.79 Å². The highest BCUT2D eigenvalue weighted by Crippen LogP contribution is 2.35. The Labute approximate surface area is 151 Å². The van der Waals surface area contributed by atoms with Gasteiger partial charge in [0, 0.05) is 29.3 Å². The first-order chi connectivity index (χ1) is 12.2. The molecule has 2 aromatic carbocycles. The summed E-state index contributed by atoms with van der Waals surface area (Å²) in [6.07, 6.45) is 1.18. The Bertz CT molecular complexity index is 736. The van der Waals surface area contributed by atoms with E-state index in [9.17, 15) is 9.59 Å². The molecule has 1 heterocycles. The largest absolute Gasteiger partial charge is 0.349 e. The summed E-state index contributed by atoms with van der Waals surface area (Å²) in [6.45, 7) is 0.299. The van der Waals surface area contributed by atoms with Gasteiger partial charge in [-0.25, -0.2) is 4.79 Å². The van der Waals surface area contributed by atoms with Gasteiger partial charge in [0.1, 0.15) is 0 Å². The summed E-state index contributed by atoms with van der Waals surface area (Å²) in [5, 5.41) is 8.50. The van der Waals surface area contributed by atoms with Crippen LogP contribution in [0.2, 0.25) is 0 Å². The zero-order valence-electron chi connectivity index (χ0n) is 13.8. The summed E-state index contributed by atoms with van der Waals surface area (Å²) in [7, 11) is 0. The second kappa shape index (κ2) is 8.58. The topological polar surface area (TPSA) is 70.2 Å². The van der Waals surface area contributed by atoms with E-state index in [0.29, 0.717) is 6.54 Å². The molecule has 1 aliphatic heterocycles. The highest BCUT2D eigenvalue weighted by Gasteiger charge is 2.21. The summed E-state index contributed by atoms with van der Waals surface area (Å²) < 4.78 is 0. The van der Waals surface area contributed by atoms with Crippen LogP contribution in [0, 0.1) is 0 Å². The molecule has 0 aliphatic carbocycles. The van der Waals surface area contributed by atoms with Gasteiger partial charge < -0.3 is 16.0 Å². The summed E-state index contributed by atoms with van der Waals surface area (Å²) in [5.41, 5.74) is 1.91. The molecular weight excluding hydrogens is 334 g/mol. The monoisotopic (exact) mass is 355 g/mol. The zero-order valence-corrected chi connectivity index (χ0v) is 14.6. The van der Waals surface area contributed by atoms with Crippen LogP contribution < -0.4 is 16.0 Å². The van der Waals surface area contributed by atoms with E-state index in [0.717, 1.165) is 17.9 Å². The number of hydrogen-bond donors (Lipinski definition) is 3. The minimum absolute atomic E-state index is 0.0493. The first-order valence-electron chi connectivity index (χ1n) is 8.33. The first kappa shape index (κ1) is 17.4. The highest BCUT2D eigenvalue weighted by atomic mass is 32.2. The van der Waals surface area contributed by atoms with Crippen molar-refractivity contribution in [1.82, 2.24) is 10.6 Å². The number of carbonyl (C=O) groups excluding carboxylic acids is 2. The zero-order chi connectivity index (χ0) is 17.5. The number of thioether (sulfide) groups is 1. The van der Waals surface area contributed by atoms with E-state index in [1.54, 1.807) is 0 Å². The normalized spacial score (nSPS) is 15.8. The summed E-state index contributed by atoms with van der Waals surface area (Å²) in [4.78, 5) is 25.2. The molecule has 0 aromatic heterocycles. The van der Waals surface area contributed by atoms with Crippen LogP contribution in [-0.2, 0) is 4.79 Å². The third-order valence-corrected chi connectivity index (χ3v) is 5.09. The van der Waals surface area contributed by atoms with E-state index in [1.165, 1.54) is 10.5 Å². The van der Waals surface area contributed by atoms with Gasteiger partial charge in [0.05, 0.1) is 6.04 Å². The molecule has 1 atom stereocenters. The molecule has 0 saturated heterocycles. The Hall–Kier alpha value is -2.47. The van der Waals surface area contributed by atoms with Crippen molar-refractivity contribution in [2.24, 2.45) is 0 Å². The second-order valence-corrected chi connectivity index (χ2v) is 6.93. The Balaban J connectivity index is 1.42. The fourth-order valence-electron chi connectivity index (χ4n) is 2.74. The van der Waals surface area contributed by atoms with E-state index in [2.05, 4.69) is 28.1 Å². The number of rotatable bonds is 5. The Morgan fingerprint density at radius 1 is 1.04 bits per heavy atom. The lowest BCUT2D eigenvalue weighted by atomic mass is 10.0. The number of hydrogen-bond acceptors (Lipinski definition) is 3. The fourth-order valence-corrected chi connectivity index (χ4v) is 3.87. The smallest absolute Gasteiger partial charge is 0.319 e. The highest BCUT2D eigenvalue weighted by molar-refractivity contribution is 7.99. The van der Waals surface area contributed by atoms with Gasteiger partial charge in [-0.05, 0) is 30.2 Å². The van der Waals surface area contributed by atoms with E-state index < -0.39 is 0 Å². The van der Waals surface area contributed by atoms with Crippen molar-refractivity contribution in [3.05, 3.63) is 60.2 Å². The lowest BCUT2D eigenvalue weighted by Gasteiger charge is -2.25. The Kier molecular flexibility index (Phi) is 5.95. The molecule has 6 heteroatoms. The van der Waals surface area contributed by atoms with Gasteiger partial charge in [-0.1, -0.05) is 36.4 Å². The molecule has 5 nitrogen and oxygen atoms in total. The molecule has 0 fully saturated rings. The van der Waals surface area contributed by atoms with Crippen LogP contribution in [0.4, 0.5) is 10.5 Å². The predicted octanol–water partition coefficient (Wildman–Crippen LogP) is 3.55. The third-order valence-electron chi connectivity index (χ3n) is 3.96. The molecule has 0 bridgehead atoms. The molecule has 0 radical (unpaired) electrons. The molecule has 0 spiro atoms. The van der Waals surface area contributed by atoms with Crippen molar-refractivity contribution < 1.29 is 9.59 Å². The van der Waals surface area contributed by atoms with Crippen LogP contribution in [0.3, 0.4) is 0 Å². The van der Waals surface area contributed by atoms with Crippen molar-refractivity contribution in [3.8, 4) is 0 Å². The van der Waals surface area contributed by atoms with Crippen LogP contribution in [0.25, 0.3) is 0 Å². The van der Waals surface area contributed by atoms with Crippen LogP contribution in [0.1, 0.15) is 24.4 Å². The number of benzene rings is 2. The molecule has 1 aliphatic rings. The Morgan fingerprint density at radius 2 is 1.80 bits per heavy atom. The SMILES string of the molecule is O=C(CCNC(=O)Nc1ccccc1)N[C@@H]1CCSc2ccccc21. The molecule has 25 heavy (non-hydrogen) atoms. The van der Waals surface area contributed by atoms with Crippen molar-refractivity contribution in [3.63, 3.8) is 0 Å². The predicted molar refractivity (Wildman–Crippen MR) is 101 cm³/mol. The summed E-state index contributed by atoms with van der Waals surface area (Å²) >= 11 is 1.83. The standard InChI is InChI=1S/C19H21N3O2S/c23-18(10-12-20-19(24)21-14-6-2-1-3-7-14)22-16-11-13-25-17-9-5-4-8-15(16)17/h1-9,16H,10-13H2,(H,22,23)(H2,20,21,24)/t16-/m1/s1. The summed E-state index contributed by atoms with van der Waals surface area (Å²) in [6, 6.07) is 17.1.